The predicted octanol–water partition coefficient (Wildman–Crippen LogP) is -1.52. The Kier molecular flexibility index (Phi) is 4.01. The number of piperidine rings is 1. The zero-order valence-electron chi connectivity index (χ0n) is 12.4. The lowest BCUT2D eigenvalue weighted by Crippen LogP contribution is -2.44. The molecule has 9 nitrogen and oxygen atoms in total. The molecule has 10 heteroatoms. The largest absolute Gasteiger partial charge is 0.481 e. The van der Waals surface area contributed by atoms with Crippen LogP contribution in [0.5, 0.6) is 0 Å². The average molecular weight is 351 g/mol. The number of rotatable bonds is 3. The Morgan fingerprint density at radius 3 is 2.38 bits per heavy atom. The number of amides is 2. The summed E-state index contributed by atoms with van der Waals surface area (Å²) in [5.74, 6) is -3.67. The second-order valence-electron chi connectivity index (χ2n) is 5.47. The third-order valence-electron chi connectivity index (χ3n) is 4.02. The molecule has 1 saturated heterocycles. The van der Waals surface area contributed by atoms with Gasteiger partial charge in [0.15, 0.2) is 0 Å². The fraction of sp³-hybridized carbons (Fsp3) is 0.357. The monoisotopic (exact) mass is 351 g/mol. The molecule has 0 saturated carbocycles. The summed E-state index contributed by atoms with van der Waals surface area (Å²) < 4.78 is 26.8. The Labute approximate surface area is 136 Å². The van der Waals surface area contributed by atoms with Gasteiger partial charge in [0, 0.05) is 13.1 Å². The highest BCUT2D eigenvalue weighted by Crippen LogP contribution is 2.22. The van der Waals surface area contributed by atoms with Crippen molar-refractivity contribution in [1.82, 2.24) is 4.31 Å². The van der Waals surface area contributed by atoms with Crippen LogP contribution in [0.3, 0.4) is 0 Å². The van der Waals surface area contributed by atoms with Crippen LogP contribution >= 0.6 is 0 Å². The molecule has 2 heterocycles. The lowest BCUT2D eigenvalue weighted by molar-refractivity contribution is -0.142. The summed E-state index contributed by atoms with van der Waals surface area (Å²) in [5, 5.41) is 8.87. The Bertz CT molecular complexity index is 961. The van der Waals surface area contributed by atoms with Crippen LogP contribution in [-0.2, 0) is 24.4 Å². The summed E-state index contributed by atoms with van der Waals surface area (Å²) in [5.41, 5.74) is 0. The predicted molar refractivity (Wildman–Crippen MR) is 77.9 cm³/mol. The molecule has 0 atom stereocenters. The molecule has 0 bridgehead atoms. The molecule has 0 radical (unpaired) electrons. The van der Waals surface area contributed by atoms with Crippen molar-refractivity contribution in [3.63, 3.8) is 0 Å². The maximum atomic E-state index is 12.8. The number of hydrogen-bond acceptors (Lipinski definition) is 5. The Morgan fingerprint density at radius 1 is 1.12 bits per heavy atom. The number of para-hydroxylation sites is 1. The standard InChI is InChI=1S/C14H13N3O6S/c18-12-13(19)16-11-9(15-12)2-1-3-10(11)24(22,23)17-6-4-8(5-7-17)14(20)21/h1-3,8H,4-7H2,(H,20,21). The molecule has 3 rings (SSSR count). The van der Waals surface area contributed by atoms with E-state index in [0.29, 0.717) is 0 Å². The van der Waals surface area contributed by atoms with Gasteiger partial charge in [-0.1, -0.05) is 6.07 Å². The van der Waals surface area contributed by atoms with E-state index in [9.17, 15) is 22.8 Å². The molecule has 1 N–H and O–H groups in total. The summed E-state index contributed by atoms with van der Waals surface area (Å²) in [6.45, 7) is 0.125. The SMILES string of the molecule is O=C1N=c2cccc(S(=O)(=O)N3CCC(C(=O)O)CC3)c2=NC1=O. The van der Waals surface area contributed by atoms with E-state index in [-0.39, 0.29) is 41.5 Å². The minimum Gasteiger partial charge on any atom is -0.481 e. The highest BCUT2D eigenvalue weighted by Gasteiger charge is 2.33. The van der Waals surface area contributed by atoms with Crippen molar-refractivity contribution >= 4 is 27.8 Å². The average Bonchev–Trinajstić information content (AvgIpc) is 2.55. The van der Waals surface area contributed by atoms with Crippen LogP contribution in [0.15, 0.2) is 33.1 Å². The molecule has 0 aliphatic carbocycles. The van der Waals surface area contributed by atoms with Gasteiger partial charge in [-0.05, 0) is 25.0 Å². The number of nitrogens with zero attached hydrogens (tertiary/aromatic N) is 3. The molecule has 1 fully saturated rings. The number of aliphatic carboxylic acids is 1. The quantitative estimate of drug-likeness (QED) is 0.657. The molecule has 0 unspecified atom stereocenters. The number of carboxylic acids is 1. The second kappa shape index (κ2) is 5.87. The van der Waals surface area contributed by atoms with Crippen molar-refractivity contribution in [3.05, 3.63) is 28.9 Å². The van der Waals surface area contributed by atoms with Crippen molar-refractivity contribution < 1.29 is 27.9 Å². The third kappa shape index (κ3) is 2.74. The van der Waals surface area contributed by atoms with E-state index in [2.05, 4.69) is 9.98 Å². The molecule has 126 valence electrons. The molecule has 1 aromatic rings. The van der Waals surface area contributed by atoms with Gasteiger partial charge in [-0.3, -0.25) is 14.4 Å². The fourth-order valence-corrected chi connectivity index (χ4v) is 4.33. The van der Waals surface area contributed by atoms with Crippen molar-refractivity contribution in [2.75, 3.05) is 13.1 Å². The van der Waals surface area contributed by atoms with E-state index in [1.54, 1.807) is 0 Å². The van der Waals surface area contributed by atoms with Gasteiger partial charge in [-0.2, -0.15) is 4.31 Å². The van der Waals surface area contributed by atoms with Gasteiger partial charge in [-0.25, -0.2) is 18.4 Å². The van der Waals surface area contributed by atoms with E-state index < -0.39 is 33.7 Å². The van der Waals surface area contributed by atoms with Crippen molar-refractivity contribution in [2.45, 2.75) is 17.7 Å². The number of hydrogen-bond donors (Lipinski definition) is 1. The van der Waals surface area contributed by atoms with Crippen molar-refractivity contribution in [1.29, 1.82) is 0 Å². The number of benzene rings is 1. The minimum absolute atomic E-state index is 0.0288. The third-order valence-corrected chi connectivity index (χ3v) is 5.95. The summed E-state index contributed by atoms with van der Waals surface area (Å²) in [4.78, 5) is 40.6. The van der Waals surface area contributed by atoms with Gasteiger partial charge < -0.3 is 5.11 Å². The smallest absolute Gasteiger partial charge is 0.338 e. The fourth-order valence-electron chi connectivity index (χ4n) is 2.71. The summed E-state index contributed by atoms with van der Waals surface area (Å²) in [7, 11) is -3.97. The normalized spacial score (nSPS) is 19.3. The van der Waals surface area contributed by atoms with Gasteiger partial charge in [0.05, 0.1) is 11.3 Å². The number of sulfonamides is 1. The highest BCUT2D eigenvalue weighted by atomic mass is 32.2. The van der Waals surface area contributed by atoms with Crippen LogP contribution in [0.2, 0.25) is 0 Å². The van der Waals surface area contributed by atoms with E-state index in [1.165, 1.54) is 22.5 Å². The zero-order chi connectivity index (χ0) is 17.5. The molecular weight excluding hydrogens is 338 g/mol. The van der Waals surface area contributed by atoms with Crippen LogP contribution in [-0.4, -0.2) is 48.7 Å². The molecule has 0 spiro atoms. The van der Waals surface area contributed by atoms with E-state index in [4.69, 9.17) is 5.11 Å². The summed E-state index contributed by atoms with van der Waals surface area (Å²) in [6.07, 6.45) is 0.422. The Balaban J connectivity index is 2.02. The Hall–Kier alpha value is -2.46. The van der Waals surface area contributed by atoms with Crippen LogP contribution < -0.4 is 10.7 Å². The van der Waals surface area contributed by atoms with E-state index in [1.807, 2.05) is 0 Å². The molecule has 2 aliphatic heterocycles. The van der Waals surface area contributed by atoms with Crippen LogP contribution in [0.4, 0.5) is 0 Å². The minimum atomic E-state index is -3.97. The lowest BCUT2D eigenvalue weighted by atomic mass is 9.99. The number of fused-ring (bicyclic) bond motifs is 1. The maximum absolute atomic E-state index is 12.8. The van der Waals surface area contributed by atoms with E-state index >= 15 is 0 Å². The van der Waals surface area contributed by atoms with E-state index in [0.717, 1.165) is 0 Å². The maximum Gasteiger partial charge on any atom is 0.338 e. The van der Waals surface area contributed by atoms with Crippen LogP contribution in [0.1, 0.15) is 12.8 Å². The van der Waals surface area contributed by atoms with Crippen molar-refractivity contribution in [3.8, 4) is 0 Å². The molecule has 0 aromatic heterocycles. The first-order valence-corrected chi connectivity index (χ1v) is 8.62. The van der Waals surface area contributed by atoms with Gasteiger partial charge in [-0.15, -0.1) is 0 Å². The first-order valence-electron chi connectivity index (χ1n) is 7.18. The number of carboxylic acid groups (broad SMARTS) is 1. The first kappa shape index (κ1) is 16.4. The lowest BCUT2D eigenvalue weighted by Gasteiger charge is -2.29. The summed E-state index contributed by atoms with van der Waals surface area (Å²) in [6, 6.07) is 4.11. The second-order valence-corrected chi connectivity index (χ2v) is 7.38. The topological polar surface area (TPSA) is 134 Å². The number of carbonyl (C=O) groups is 3. The van der Waals surface area contributed by atoms with Crippen LogP contribution in [0.25, 0.3) is 0 Å². The Morgan fingerprint density at radius 2 is 1.75 bits per heavy atom. The van der Waals surface area contributed by atoms with Crippen LogP contribution in [0, 0.1) is 5.92 Å². The zero-order valence-corrected chi connectivity index (χ0v) is 13.2. The summed E-state index contributed by atoms with van der Waals surface area (Å²) >= 11 is 0. The molecular formula is C14H13N3O6S. The van der Waals surface area contributed by atoms with Gasteiger partial charge in [0.2, 0.25) is 10.0 Å². The van der Waals surface area contributed by atoms with Crippen molar-refractivity contribution in [2.24, 2.45) is 15.9 Å². The van der Waals surface area contributed by atoms with Gasteiger partial charge in [0.1, 0.15) is 10.3 Å². The molecule has 2 aliphatic rings. The number of carbonyl (C=O) groups excluding carboxylic acids is 2. The van der Waals surface area contributed by atoms with Gasteiger partial charge >= 0.3 is 17.8 Å². The first-order chi connectivity index (χ1) is 11.3. The highest BCUT2D eigenvalue weighted by molar-refractivity contribution is 7.89. The molecule has 2 amide bonds. The molecule has 24 heavy (non-hydrogen) atoms. The van der Waals surface area contributed by atoms with Gasteiger partial charge in [0.25, 0.3) is 0 Å². The molecule has 1 aromatic carbocycles.